The fourth-order valence-electron chi connectivity index (χ4n) is 2.05. The van der Waals surface area contributed by atoms with Crippen molar-refractivity contribution in [1.29, 1.82) is 0 Å². The Morgan fingerprint density at radius 1 is 0.846 bits per heavy atom. The van der Waals surface area contributed by atoms with Crippen LogP contribution < -0.4 is 0 Å². The molecule has 0 bridgehead atoms. The summed E-state index contributed by atoms with van der Waals surface area (Å²) in [5, 5.41) is 0. The van der Waals surface area contributed by atoms with Crippen LogP contribution in [0.15, 0.2) is 0 Å². The Morgan fingerprint density at radius 3 is 1.85 bits per heavy atom. The Bertz CT molecular complexity index is 160. The molecular formula is C10H20O3. The van der Waals surface area contributed by atoms with Crippen molar-refractivity contribution in [3.05, 3.63) is 0 Å². The molecule has 0 N–H and O–H groups in total. The minimum atomic E-state index is 0.0520. The van der Waals surface area contributed by atoms with E-state index in [1.807, 2.05) is 6.92 Å². The highest BCUT2D eigenvalue weighted by Crippen LogP contribution is 2.28. The van der Waals surface area contributed by atoms with Crippen LogP contribution in [0, 0.1) is 5.92 Å². The molecule has 0 spiro atoms. The molecule has 1 saturated heterocycles. The van der Waals surface area contributed by atoms with Crippen LogP contribution in [-0.4, -0.2) is 38.6 Å². The lowest BCUT2D eigenvalue weighted by molar-refractivity contribution is -0.202. The first-order valence-electron chi connectivity index (χ1n) is 4.82. The van der Waals surface area contributed by atoms with Gasteiger partial charge in [-0.05, 0) is 13.8 Å². The van der Waals surface area contributed by atoms with Gasteiger partial charge in [-0.25, -0.2) is 0 Å². The molecule has 13 heavy (non-hydrogen) atoms. The minimum Gasteiger partial charge on any atom is -0.378 e. The maximum atomic E-state index is 5.73. The maximum absolute atomic E-state index is 5.73. The Labute approximate surface area is 80.4 Å². The first-order chi connectivity index (χ1) is 6.11. The maximum Gasteiger partial charge on any atom is 0.109 e. The first kappa shape index (κ1) is 11.0. The van der Waals surface area contributed by atoms with Gasteiger partial charge < -0.3 is 14.2 Å². The Kier molecular flexibility index (Phi) is 3.71. The summed E-state index contributed by atoms with van der Waals surface area (Å²) in [6.07, 6.45) is 0.549. The second kappa shape index (κ2) is 4.40. The van der Waals surface area contributed by atoms with E-state index in [0.717, 1.165) is 0 Å². The minimum absolute atomic E-state index is 0.0520. The monoisotopic (exact) mass is 188 g/mol. The molecule has 3 heteroatoms. The van der Waals surface area contributed by atoms with E-state index in [9.17, 15) is 0 Å². The molecule has 0 radical (unpaired) electrons. The van der Waals surface area contributed by atoms with Crippen LogP contribution in [-0.2, 0) is 14.2 Å². The summed E-state index contributed by atoms with van der Waals surface area (Å²) in [6, 6.07) is 0. The van der Waals surface area contributed by atoms with Crippen molar-refractivity contribution in [3.8, 4) is 0 Å². The van der Waals surface area contributed by atoms with Crippen molar-refractivity contribution in [3.63, 3.8) is 0 Å². The van der Waals surface area contributed by atoms with Gasteiger partial charge in [-0.3, -0.25) is 0 Å². The molecule has 0 aromatic rings. The smallest absolute Gasteiger partial charge is 0.109 e. The summed E-state index contributed by atoms with van der Waals surface area (Å²) in [4.78, 5) is 0. The van der Waals surface area contributed by atoms with Gasteiger partial charge in [0.2, 0.25) is 0 Å². The van der Waals surface area contributed by atoms with Gasteiger partial charge in [-0.2, -0.15) is 0 Å². The Morgan fingerprint density at radius 2 is 1.38 bits per heavy atom. The van der Waals surface area contributed by atoms with Crippen LogP contribution in [0.25, 0.3) is 0 Å². The van der Waals surface area contributed by atoms with Crippen LogP contribution in [0.4, 0.5) is 0 Å². The topological polar surface area (TPSA) is 27.7 Å². The molecule has 5 atom stereocenters. The third-order valence-corrected chi connectivity index (χ3v) is 3.02. The summed E-state index contributed by atoms with van der Waals surface area (Å²) in [6.45, 7) is 6.25. The quantitative estimate of drug-likeness (QED) is 0.656. The summed E-state index contributed by atoms with van der Waals surface area (Å²) < 4.78 is 16.5. The summed E-state index contributed by atoms with van der Waals surface area (Å²) in [7, 11) is 3.44. The molecule has 3 nitrogen and oxygen atoms in total. The van der Waals surface area contributed by atoms with Crippen molar-refractivity contribution in [2.24, 2.45) is 5.92 Å². The fourth-order valence-corrected chi connectivity index (χ4v) is 2.05. The van der Waals surface area contributed by atoms with E-state index in [0.29, 0.717) is 5.92 Å². The van der Waals surface area contributed by atoms with Gasteiger partial charge in [0.25, 0.3) is 0 Å². The van der Waals surface area contributed by atoms with E-state index in [-0.39, 0.29) is 24.4 Å². The summed E-state index contributed by atoms with van der Waals surface area (Å²) in [5.74, 6) is 0.381. The molecular weight excluding hydrogens is 168 g/mol. The number of methoxy groups -OCH3 is 2. The Balaban J connectivity index is 2.71. The van der Waals surface area contributed by atoms with Gasteiger partial charge in [0.15, 0.2) is 0 Å². The molecule has 0 saturated carbocycles. The van der Waals surface area contributed by atoms with Crippen molar-refractivity contribution in [1.82, 2.24) is 0 Å². The summed E-state index contributed by atoms with van der Waals surface area (Å²) in [5.41, 5.74) is 0. The number of hydrogen-bond acceptors (Lipinski definition) is 3. The lowest BCUT2D eigenvalue weighted by Crippen LogP contribution is -2.53. The van der Waals surface area contributed by atoms with Crippen LogP contribution >= 0.6 is 0 Å². The van der Waals surface area contributed by atoms with Crippen LogP contribution in [0.1, 0.15) is 20.8 Å². The van der Waals surface area contributed by atoms with Crippen LogP contribution in [0.2, 0.25) is 0 Å². The van der Waals surface area contributed by atoms with Gasteiger partial charge in [0, 0.05) is 20.1 Å². The molecule has 0 unspecified atom stereocenters. The van der Waals surface area contributed by atoms with E-state index in [1.165, 1.54) is 0 Å². The van der Waals surface area contributed by atoms with Gasteiger partial charge in [0.05, 0.1) is 18.3 Å². The van der Waals surface area contributed by atoms with E-state index < -0.39 is 0 Å². The molecule has 1 rings (SSSR count). The van der Waals surface area contributed by atoms with Gasteiger partial charge >= 0.3 is 0 Å². The average molecular weight is 188 g/mol. The van der Waals surface area contributed by atoms with E-state index in [4.69, 9.17) is 14.2 Å². The fraction of sp³-hybridized carbons (Fsp3) is 1.00. The second-order valence-corrected chi connectivity index (χ2v) is 3.81. The highest BCUT2D eigenvalue weighted by Gasteiger charge is 2.40. The standard InChI is InChI=1S/C10H20O3/c1-6-7(2)13-8(3)10(12-5)9(6)11-4/h6-10H,1-5H3/t6-,7-,8+,9-,10+/m1/s1. The van der Waals surface area contributed by atoms with Crippen molar-refractivity contribution >= 4 is 0 Å². The molecule has 1 aliphatic rings. The average Bonchev–Trinajstić information content (AvgIpc) is 2.10. The lowest BCUT2D eigenvalue weighted by atomic mass is 9.89. The summed E-state index contributed by atoms with van der Waals surface area (Å²) >= 11 is 0. The normalized spacial score (nSPS) is 46.4. The van der Waals surface area contributed by atoms with Crippen LogP contribution in [0.5, 0.6) is 0 Å². The lowest BCUT2D eigenvalue weighted by Gasteiger charge is -2.42. The van der Waals surface area contributed by atoms with Crippen molar-refractivity contribution in [2.75, 3.05) is 14.2 Å². The zero-order chi connectivity index (χ0) is 10.0. The largest absolute Gasteiger partial charge is 0.378 e. The van der Waals surface area contributed by atoms with Gasteiger partial charge in [-0.15, -0.1) is 0 Å². The van der Waals surface area contributed by atoms with Crippen molar-refractivity contribution < 1.29 is 14.2 Å². The molecule has 78 valence electrons. The zero-order valence-corrected chi connectivity index (χ0v) is 9.11. The number of rotatable bonds is 2. The van der Waals surface area contributed by atoms with Gasteiger partial charge in [0.1, 0.15) is 6.10 Å². The highest BCUT2D eigenvalue weighted by atomic mass is 16.6. The van der Waals surface area contributed by atoms with Gasteiger partial charge in [-0.1, -0.05) is 6.92 Å². The zero-order valence-electron chi connectivity index (χ0n) is 9.11. The Hall–Kier alpha value is -0.120. The van der Waals surface area contributed by atoms with E-state index in [2.05, 4.69) is 13.8 Å². The second-order valence-electron chi connectivity index (χ2n) is 3.81. The predicted molar refractivity (Wildman–Crippen MR) is 50.8 cm³/mol. The molecule has 0 amide bonds. The predicted octanol–water partition coefficient (Wildman–Crippen LogP) is 1.46. The number of ether oxygens (including phenoxy) is 3. The SMILES string of the molecule is CO[C@@H]1[C@H](C)[C@@H](C)O[C@@H](C)[C@@H]1OC. The molecule has 1 heterocycles. The molecule has 0 aromatic heterocycles. The van der Waals surface area contributed by atoms with E-state index >= 15 is 0 Å². The first-order valence-corrected chi connectivity index (χ1v) is 4.82. The molecule has 1 fully saturated rings. The van der Waals surface area contributed by atoms with Crippen LogP contribution in [0.3, 0.4) is 0 Å². The molecule has 0 aliphatic carbocycles. The third kappa shape index (κ3) is 2.03. The molecule has 0 aromatic carbocycles. The third-order valence-electron chi connectivity index (χ3n) is 3.02. The van der Waals surface area contributed by atoms with E-state index in [1.54, 1.807) is 14.2 Å². The number of hydrogen-bond donors (Lipinski definition) is 0. The highest BCUT2D eigenvalue weighted by molar-refractivity contribution is 4.88. The van der Waals surface area contributed by atoms with Crippen molar-refractivity contribution in [2.45, 2.75) is 45.2 Å². The molecule has 1 aliphatic heterocycles.